The number of carbonyl (C=O) groups excluding carboxylic acids is 1. The molecule has 0 bridgehead atoms. The Labute approximate surface area is 122 Å². The maximum atomic E-state index is 11.7. The molecule has 0 aliphatic heterocycles. The van der Waals surface area contributed by atoms with Gasteiger partial charge in [-0.2, -0.15) is 0 Å². The van der Waals surface area contributed by atoms with E-state index in [1.54, 1.807) is 22.7 Å². The number of ketones is 1. The molecular weight excluding hydrogens is 282 g/mol. The highest BCUT2D eigenvalue weighted by atomic mass is 35.5. The Morgan fingerprint density at radius 1 is 1.37 bits per heavy atom. The van der Waals surface area contributed by atoms with E-state index >= 15 is 0 Å². The topological polar surface area (TPSA) is 60.9 Å². The summed E-state index contributed by atoms with van der Waals surface area (Å²) < 4.78 is 1.72. The third kappa shape index (κ3) is 3.83. The second-order valence-corrected chi connectivity index (χ2v) is 4.87. The molecule has 2 N–H and O–H groups in total. The smallest absolute Gasteiger partial charge is 0.195 e. The Morgan fingerprint density at radius 3 is 2.68 bits per heavy atom. The molecule has 19 heavy (non-hydrogen) atoms. The van der Waals surface area contributed by atoms with Gasteiger partial charge in [0, 0.05) is 12.8 Å². The number of aromatic nitrogens is 2. The summed E-state index contributed by atoms with van der Waals surface area (Å²) in [4.78, 5) is 16.0. The Balaban J connectivity index is 0.00000180. The molecule has 1 aromatic heterocycles. The molecular formula is C13H16ClN3OS. The Morgan fingerprint density at radius 2 is 2.05 bits per heavy atom. The van der Waals surface area contributed by atoms with Gasteiger partial charge >= 0.3 is 0 Å². The largest absolute Gasteiger partial charge is 0.330 e. The fraction of sp³-hybridized carbons (Fsp3) is 0.231. The lowest BCUT2D eigenvalue weighted by molar-refractivity contribution is 0.0990. The van der Waals surface area contributed by atoms with Gasteiger partial charge in [0.25, 0.3) is 0 Å². The van der Waals surface area contributed by atoms with Crippen LogP contribution < -0.4 is 5.73 Å². The number of hydrogen-bond acceptors (Lipinski definition) is 4. The summed E-state index contributed by atoms with van der Waals surface area (Å²) in [6.45, 7) is 0.0123. The van der Waals surface area contributed by atoms with Gasteiger partial charge in [0.2, 0.25) is 0 Å². The van der Waals surface area contributed by atoms with Crippen LogP contribution in [-0.4, -0.2) is 21.9 Å². The summed E-state index contributed by atoms with van der Waals surface area (Å²) in [5, 5.41) is 0.747. The van der Waals surface area contributed by atoms with Gasteiger partial charge in [-0.05, 0) is 5.56 Å². The number of hydrogen-bond donors (Lipinski definition) is 1. The molecule has 6 heteroatoms. The summed E-state index contributed by atoms with van der Waals surface area (Å²) in [7, 11) is 1.81. The van der Waals surface area contributed by atoms with E-state index in [1.807, 2.05) is 25.2 Å². The number of aryl methyl sites for hydroxylation is 1. The number of carbonyl (C=O) groups is 1. The number of rotatable bonds is 5. The van der Waals surface area contributed by atoms with E-state index in [-0.39, 0.29) is 24.7 Å². The molecule has 0 aliphatic rings. The molecule has 1 aromatic carbocycles. The van der Waals surface area contributed by atoms with Crippen LogP contribution in [-0.2, 0) is 12.8 Å². The second kappa shape index (κ2) is 7.33. The van der Waals surface area contributed by atoms with E-state index in [4.69, 9.17) is 5.73 Å². The molecule has 0 unspecified atom stereocenters. The predicted octanol–water partition coefficient (Wildman–Crippen LogP) is 2.28. The van der Waals surface area contributed by atoms with Crippen LogP contribution in [0, 0.1) is 0 Å². The fourth-order valence-corrected chi connectivity index (χ4v) is 2.67. The summed E-state index contributed by atoms with van der Waals surface area (Å²) in [5.74, 6) is 0.716. The summed E-state index contributed by atoms with van der Waals surface area (Å²) in [5.41, 5.74) is 7.21. The molecule has 102 valence electrons. The van der Waals surface area contributed by atoms with Gasteiger partial charge in [0.1, 0.15) is 10.7 Å². The predicted molar refractivity (Wildman–Crippen MR) is 79.8 cm³/mol. The summed E-state index contributed by atoms with van der Waals surface area (Å²) in [6, 6.07) is 10.1. The van der Waals surface area contributed by atoms with E-state index in [2.05, 4.69) is 17.1 Å². The van der Waals surface area contributed by atoms with Crippen LogP contribution in [0.2, 0.25) is 0 Å². The molecule has 0 saturated carbocycles. The van der Waals surface area contributed by atoms with E-state index < -0.39 is 0 Å². The quantitative estimate of drug-likeness (QED) is 0.679. The minimum Gasteiger partial charge on any atom is -0.330 e. The Kier molecular flexibility index (Phi) is 6.08. The molecule has 0 amide bonds. The van der Waals surface area contributed by atoms with Crippen LogP contribution in [0.5, 0.6) is 0 Å². The van der Waals surface area contributed by atoms with Crippen molar-refractivity contribution >= 4 is 30.0 Å². The first-order valence-electron chi connectivity index (χ1n) is 5.63. The molecule has 1 heterocycles. The second-order valence-electron chi connectivity index (χ2n) is 3.91. The van der Waals surface area contributed by atoms with Crippen molar-refractivity contribution in [2.45, 2.75) is 10.8 Å². The SMILES string of the molecule is Cl.Cn1cnc(SCc2ccccc2)c1C(=O)CN. The number of halogens is 1. The normalized spacial score (nSPS) is 10.0. The van der Waals surface area contributed by atoms with Gasteiger partial charge in [-0.25, -0.2) is 4.98 Å². The number of Topliss-reactive ketones (excluding diaryl/α,β-unsaturated/α-hetero) is 1. The Bertz CT molecular complexity index is 542. The van der Waals surface area contributed by atoms with Gasteiger partial charge < -0.3 is 10.3 Å². The molecule has 0 radical (unpaired) electrons. The average Bonchev–Trinajstić information content (AvgIpc) is 2.78. The molecule has 0 saturated heterocycles. The van der Waals surface area contributed by atoms with Crippen LogP contribution in [0.15, 0.2) is 41.7 Å². The van der Waals surface area contributed by atoms with E-state index in [0.29, 0.717) is 5.69 Å². The van der Waals surface area contributed by atoms with Crippen molar-refractivity contribution in [1.82, 2.24) is 9.55 Å². The lowest BCUT2D eigenvalue weighted by Gasteiger charge is -2.03. The minimum atomic E-state index is -0.0782. The Hall–Kier alpha value is -1.30. The maximum absolute atomic E-state index is 11.7. The number of nitrogens with zero attached hydrogens (tertiary/aromatic N) is 2. The van der Waals surface area contributed by atoms with E-state index in [1.165, 1.54) is 5.56 Å². The number of nitrogens with two attached hydrogens (primary N) is 1. The highest BCUT2D eigenvalue weighted by Gasteiger charge is 2.15. The molecule has 0 spiro atoms. The first kappa shape index (κ1) is 15.8. The van der Waals surface area contributed by atoms with E-state index in [9.17, 15) is 4.79 Å². The standard InChI is InChI=1S/C13H15N3OS.ClH/c1-16-9-15-13(12(16)11(17)7-14)18-8-10-5-3-2-4-6-10;/h2-6,9H,7-8,14H2,1H3;1H. The van der Waals surface area contributed by atoms with Crippen molar-refractivity contribution in [3.63, 3.8) is 0 Å². The third-order valence-corrected chi connectivity index (χ3v) is 3.62. The average molecular weight is 298 g/mol. The molecule has 0 fully saturated rings. The molecule has 0 aliphatic carbocycles. The highest BCUT2D eigenvalue weighted by molar-refractivity contribution is 7.98. The lowest BCUT2D eigenvalue weighted by Crippen LogP contribution is -2.17. The summed E-state index contributed by atoms with van der Waals surface area (Å²) in [6.07, 6.45) is 1.65. The summed E-state index contributed by atoms with van der Waals surface area (Å²) >= 11 is 1.56. The van der Waals surface area contributed by atoms with Crippen molar-refractivity contribution in [3.8, 4) is 0 Å². The molecule has 0 atom stereocenters. The lowest BCUT2D eigenvalue weighted by atomic mass is 10.2. The van der Waals surface area contributed by atoms with Gasteiger partial charge in [-0.3, -0.25) is 4.79 Å². The van der Waals surface area contributed by atoms with Crippen molar-refractivity contribution < 1.29 is 4.79 Å². The zero-order valence-electron chi connectivity index (χ0n) is 10.6. The van der Waals surface area contributed by atoms with Gasteiger partial charge in [-0.1, -0.05) is 42.1 Å². The van der Waals surface area contributed by atoms with Crippen molar-refractivity contribution in [2.75, 3.05) is 6.54 Å². The van der Waals surface area contributed by atoms with Gasteiger partial charge in [0.15, 0.2) is 5.78 Å². The van der Waals surface area contributed by atoms with Crippen LogP contribution in [0.4, 0.5) is 0 Å². The third-order valence-electron chi connectivity index (χ3n) is 2.57. The van der Waals surface area contributed by atoms with E-state index in [0.717, 1.165) is 10.8 Å². The van der Waals surface area contributed by atoms with Crippen LogP contribution in [0.25, 0.3) is 0 Å². The minimum absolute atomic E-state index is 0. The van der Waals surface area contributed by atoms with Crippen LogP contribution in [0.3, 0.4) is 0 Å². The molecule has 2 aromatic rings. The first-order chi connectivity index (χ1) is 8.72. The van der Waals surface area contributed by atoms with Gasteiger partial charge in [0.05, 0.1) is 12.9 Å². The zero-order valence-corrected chi connectivity index (χ0v) is 12.2. The number of benzene rings is 1. The number of imidazole rings is 1. The van der Waals surface area contributed by atoms with Crippen molar-refractivity contribution in [2.24, 2.45) is 12.8 Å². The molecule has 2 rings (SSSR count). The fourth-order valence-electron chi connectivity index (χ4n) is 1.65. The van der Waals surface area contributed by atoms with Crippen molar-refractivity contribution in [1.29, 1.82) is 0 Å². The molecule has 4 nitrogen and oxygen atoms in total. The van der Waals surface area contributed by atoms with Crippen molar-refractivity contribution in [3.05, 3.63) is 47.9 Å². The zero-order chi connectivity index (χ0) is 13.0. The van der Waals surface area contributed by atoms with Crippen LogP contribution >= 0.6 is 24.2 Å². The van der Waals surface area contributed by atoms with Gasteiger partial charge in [-0.15, -0.1) is 12.4 Å². The maximum Gasteiger partial charge on any atom is 0.195 e. The number of thioether (sulfide) groups is 1. The highest BCUT2D eigenvalue weighted by Crippen LogP contribution is 2.24. The monoisotopic (exact) mass is 297 g/mol. The van der Waals surface area contributed by atoms with Crippen LogP contribution in [0.1, 0.15) is 16.1 Å². The first-order valence-corrected chi connectivity index (χ1v) is 6.62.